The lowest BCUT2D eigenvalue weighted by atomic mass is 9.38. The first-order valence-electron chi connectivity index (χ1n) is 13.8. The van der Waals surface area contributed by atoms with Crippen LogP contribution in [0, 0.1) is 29.1 Å². The van der Waals surface area contributed by atoms with E-state index in [1.807, 2.05) is 47.4 Å². The summed E-state index contributed by atoms with van der Waals surface area (Å²) >= 11 is 0. The lowest BCUT2D eigenvalue weighted by molar-refractivity contribution is -0.168. The van der Waals surface area contributed by atoms with E-state index in [-0.39, 0.29) is 18.1 Å². The predicted molar refractivity (Wildman–Crippen MR) is 142 cm³/mol. The maximum absolute atomic E-state index is 13.5. The topological polar surface area (TPSA) is 82.4 Å². The Morgan fingerprint density at radius 3 is 2.42 bits per heavy atom. The van der Waals surface area contributed by atoms with Crippen LogP contribution in [-0.4, -0.2) is 53.1 Å². The van der Waals surface area contributed by atoms with Crippen molar-refractivity contribution in [2.45, 2.75) is 51.4 Å². The van der Waals surface area contributed by atoms with Crippen LogP contribution in [-0.2, 0) is 22.6 Å². The van der Waals surface area contributed by atoms with Crippen LogP contribution in [0.1, 0.15) is 37.3 Å². The maximum atomic E-state index is 13.5. The van der Waals surface area contributed by atoms with E-state index in [1.54, 1.807) is 12.1 Å². The Morgan fingerprint density at radius 2 is 1.80 bits per heavy atom. The number of carboxylic acids is 1. The van der Waals surface area contributed by atoms with Crippen molar-refractivity contribution >= 4 is 23.5 Å². The molecule has 6 rings (SSSR count). The van der Waals surface area contributed by atoms with Gasteiger partial charge in [-0.1, -0.05) is 49.4 Å². The highest BCUT2D eigenvalue weighted by Crippen LogP contribution is 2.71. The molecule has 1 N–H and O–H groups in total. The van der Waals surface area contributed by atoms with Crippen LogP contribution in [0.25, 0.3) is 0 Å². The number of hydrogen-bond donors (Lipinski definition) is 1. The van der Waals surface area contributed by atoms with E-state index >= 15 is 0 Å². The van der Waals surface area contributed by atoms with Gasteiger partial charge in [0.15, 0.2) is 0 Å². The van der Waals surface area contributed by atoms with Crippen LogP contribution in [0.15, 0.2) is 59.7 Å². The first-order chi connectivity index (χ1) is 19.1. The van der Waals surface area contributed by atoms with Gasteiger partial charge in [-0.15, -0.1) is 0 Å². The highest BCUT2D eigenvalue weighted by Gasteiger charge is 2.70. The van der Waals surface area contributed by atoms with Crippen molar-refractivity contribution in [2.24, 2.45) is 34.2 Å². The van der Waals surface area contributed by atoms with Gasteiger partial charge in [0.05, 0.1) is 18.2 Å². The molecule has 7 nitrogen and oxygen atoms in total. The number of benzene rings is 2. The Labute approximate surface area is 230 Å². The van der Waals surface area contributed by atoms with E-state index in [1.165, 1.54) is 11.9 Å². The number of carboxylic acid groups (broad SMARTS) is 1. The number of likely N-dealkylation sites (tertiary alicyclic amines) is 1. The number of hydrazone groups is 1. The third kappa shape index (κ3) is 4.51. The fraction of sp³-hybridized carbons (Fsp3) is 0.500. The summed E-state index contributed by atoms with van der Waals surface area (Å²) in [6.45, 7) is 3.05. The number of hydrogen-bond acceptors (Lipinski definition) is 5. The van der Waals surface area contributed by atoms with Gasteiger partial charge in [0.25, 0.3) is 0 Å². The standard InChI is InChI=1S/C30H32F3N3O4/c1-18-25(14-26(37)38)36(34-27(18)30(31,32)33)21-9-7-19(8-10-21)13-22-23-11-12-29(23)17-35(15-24(22)29)28(39)40-16-20-5-3-2-4-6-20/h2-10,18,22-25H,11-17H2,1H3,(H,37,38)/t18-,22?,23?,24?,25-,29?/m0/s1. The van der Waals surface area contributed by atoms with Crippen molar-refractivity contribution in [1.29, 1.82) is 0 Å². The highest BCUT2D eigenvalue weighted by atomic mass is 19.4. The Hall–Kier alpha value is -3.56. The Morgan fingerprint density at radius 1 is 1.07 bits per heavy atom. The number of carbonyl (C=O) groups excluding carboxylic acids is 1. The second-order valence-corrected chi connectivity index (χ2v) is 11.7. The molecule has 2 aliphatic carbocycles. The lowest BCUT2D eigenvalue weighted by Crippen LogP contribution is -2.63. The van der Waals surface area contributed by atoms with Gasteiger partial charge in [-0.05, 0) is 65.7 Å². The second-order valence-electron chi connectivity index (χ2n) is 11.7. The van der Waals surface area contributed by atoms with Crippen LogP contribution in [0.4, 0.5) is 23.7 Å². The largest absolute Gasteiger partial charge is 0.481 e. The van der Waals surface area contributed by atoms with E-state index in [4.69, 9.17) is 4.74 Å². The molecule has 3 fully saturated rings. The average molecular weight is 556 g/mol. The molecule has 212 valence electrons. The molecule has 10 heteroatoms. The number of ether oxygens (including phenoxy) is 1. The Balaban J connectivity index is 1.11. The van der Waals surface area contributed by atoms with Crippen LogP contribution in [0.2, 0.25) is 0 Å². The summed E-state index contributed by atoms with van der Waals surface area (Å²) in [6, 6.07) is 16.0. The van der Waals surface area contributed by atoms with Crippen molar-refractivity contribution in [1.82, 2.24) is 4.90 Å². The minimum absolute atomic E-state index is 0.189. The minimum atomic E-state index is -4.62. The number of anilines is 1. The van der Waals surface area contributed by atoms with Crippen LogP contribution < -0.4 is 5.01 Å². The number of alkyl halides is 3. The van der Waals surface area contributed by atoms with Crippen LogP contribution in [0.5, 0.6) is 0 Å². The molecule has 2 aromatic carbocycles. The van der Waals surface area contributed by atoms with Crippen molar-refractivity contribution < 1.29 is 32.6 Å². The minimum Gasteiger partial charge on any atom is -0.481 e. The zero-order chi connectivity index (χ0) is 28.2. The van der Waals surface area contributed by atoms with Crippen molar-refractivity contribution in [3.8, 4) is 0 Å². The van der Waals surface area contributed by atoms with Gasteiger partial charge in [-0.3, -0.25) is 9.80 Å². The summed E-state index contributed by atoms with van der Waals surface area (Å²) in [4.78, 5) is 26.1. The van der Waals surface area contributed by atoms with Gasteiger partial charge in [-0.25, -0.2) is 4.79 Å². The predicted octanol–water partition coefficient (Wildman–Crippen LogP) is 5.74. The van der Waals surface area contributed by atoms with Crippen molar-refractivity contribution in [3.63, 3.8) is 0 Å². The first-order valence-corrected chi connectivity index (χ1v) is 13.8. The zero-order valence-corrected chi connectivity index (χ0v) is 22.2. The van der Waals surface area contributed by atoms with Gasteiger partial charge >= 0.3 is 18.2 Å². The molecule has 0 radical (unpaired) electrons. The molecule has 1 saturated heterocycles. The molecule has 2 heterocycles. The maximum Gasteiger partial charge on any atom is 0.431 e. The van der Waals surface area contributed by atoms with Gasteiger partial charge in [0.1, 0.15) is 12.3 Å². The first kappa shape index (κ1) is 26.7. The lowest BCUT2D eigenvalue weighted by Gasteiger charge is -2.66. The molecular formula is C30H32F3N3O4. The number of nitrogens with zero attached hydrogens (tertiary/aromatic N) is 3. The van der Waals surface area contributed by atoms with Crippen molar-refractivity contribution in [3.05, 3.63) is 65.7 Å². The summed E-state index contributed by atoms with van der Waals surface area (Å²) in [6.07, 6.45) is -2.23. The average Bonchev–Trinajstić information content (AvgIpc) is 3.46. The van der Waals surface area contributed by atoms with Crippen LogP contribution in [0.3, 0.4) is 0 Å². The summed E-state index contributed by atoms with van der Waals surface area (Å²) in [5, 5.41) is 14.3. The van der Waals surface area contributed by atoms with E-state index in [2.05, 4.69) is 5.10 Å². The number of rotatable bonds is 7. The summed E-state index contributed by atoms with van der Waals surface area (Å²) in [5.74, 6) is -0.813. The SMILES string of the molecule is C[C@@H]1C(C(F)(F)F)=NN(c2ccc(CC3C4CCC45CN(C(=O)OCc4ccccc4)CC35)cc2)[C@H]1CC(=O)O. The smallest absolute Gasteiger partial charge is 0.431 e. The van der Waals surface area contributed by atoms with Gasteiger partial charge in [0.2, 0.25) is 0 Å². The fourth-order valence-electron chi connectivity index (χ4n) is 7.63. The number of amides is 1. The summed E-state index contributed by atoms with van der Waals surface area (Å²) < 4.78 is 46.1. The summed E-state index contributed by atoms with van der Waals surface area (Å²) in [7, 11) is 0. The Bertz CT molecular complexity index is 1320. The van der Waals surface area contributed by atoms with E-state index in [9.17, 15) is 27.9 Å². The number of halogens is 3. The van der Waals surface area contributed by atoms with E-state index in [0.29, 0.717) is 30.0 Å². The molecule has 4 aliphatic rings. The van der Waals surface area contributed by atoms with Gasteiger partial charge < -0.3 is 14.7 Å². The molecule has 1 spiro atoms. The molecule has 0 bridgehead atoms. The molecule has 40 heavy (non-hydrogen) atoms. The van der Waals surface area contributed by atoms with Gasteiger partial charge in [0, 0.05) is 19.0 Å². The van der Waals surface area contributed by atoms with E-state index < -0.39 is 36.2 Å². The normalized spacial score (nSPS) is 30.6. The van der Waals surface area contributed by atoms with Gasteiger partial charge in [-0.2, -0.15) is 18.3 Å². The number of aliphatic carboxylic acids is 1. The summed E-state index contributed by atoms with van der Waals surface area (Å²) in [5.41, 5.74) is 1.71. The fourth-order valence-corrected chi connectivity index (χ4v) is 7.63. The molecule has 4 unspecified atom stereocenters. The zero-order valence-electron chi connectivity index (χ0n) is 22.2. The Kier molecular flexibility index (Phi) is 6.54. The third-order valence-corrected chi connectivity index (χ3v) is 9.68. The highest BCUT2D eigenvalue weighted by molar-refractivity contribution is 5.95. The van der Waals surface area contributed by atoms with Crippen LogP contribution >= 0.6 is 0 Å². The molecule has 2 aromatic rings. The van der Waals surface area contributed by atoms with Crippen molar-refractivity contribution in [2.75, 3.05) is 18.1 Å². The molecule has 6 atom stereocenters. The molecule has 2 saturated carbocycles. The monoisotopic (exact) mass is 555 g/mol. The van der Waals surface area contributed by atoms with E-state index in [0.717, 1.165) is 36.9 Å². The molecular weight excluding hydrogens is 523 g/mol. The molecule has 1 amide bonds. The number of carbonyl (C=O) groups is 2. The third-order valence-electron chi connectivity index (χ3n) is 9.68. The molecule has 2 aliphatic heterocycles. The molecule has 0 aromatic heterocycles. The second kappa shape index (κ2) is 9.82. The quantitative estimate of drug-likeness (QED) is 0.471.